The molecule has 0 radical (unpaired) electrons. The van der Waals surface area contributed by atoms with Gasteiger partial charge in [-0.25, -0.2) is 0 Å². The largest absolute Gasteiger partial charge is 0.492 e. The van der Waals surface area contributed by atoms with Crippen LogP contribution in [0.25, 0.3) is 11.1 Å². The molecule has 0 unspecified atom stereocenters. The Morgan fingerprint density at radius 3 is 2.78 bits per heavy atom. The average molecular weight is 241 g/mol. The minimum Gasteiger partial charge on any atom is -0.492 e. The van der Waals surface area contributed by atoms with Crippen LogP contribution in [0.5, 0.6) is 5.75 Å². The van der Waals surface area contributed by atoms with Crippen molar-refractivity contribution in [3.63, 3.8) is 0 Å². The molecule has 0 fully saturated rings. The van der Waals surface area contributed by atoms with E-state index in [2.05, 4.69) is 4.98 Å². The van der Waals surface area contributed by atoms with Crippen LogP contribution in [0.4, 0.5) is 0 Å². The second-order valence-corrected chi connectivity index (χ2v) is 3.98. The Morgan fingerprint density at radius 1 is 1.22 bits per heavy atom. The molecule has 3 nitrogen and oxygen atoms in total. The maximum Gasteiger partial charge on any atom is 0.159 e. The third-order valence-corrected chi connectivity index (χ3v) is 2.63. The summed E-state index contributed by atoms with van der Waals surface area (Å²) in [5, 5.41) is 0. The van der Waals surface area contributed by atoms with Gasteiger partial charge in [0.2, 0.25) is 0 Å². The Hall–Kier alpha value is -2.16. The van der Waals surface area contributed by atoms with Crippen LogP contribution in [0.2, 0.25) is 0 Å². The number of ketones is 1. The predicted octanol–water partition coefficient (Wildman–Crippen LogP) is 3.35. The summed E-state index contributed by atoms with van der Waals surface area (Å²) in [6, 6.07) is 9.44. The molecule has 0 saturated heterocycles. The molecule has 3 heteroatoms. The van der Waals surface area contributed by atoms with E-state index < -0.39 is 0 Å². The van der Waals surface area contributed by atoms with Crippen molar-refractivity contribution in [1.29, 1.82) is 0 Å². The van der Waals surface area contributed by atoms with Crippen molar-refractivity contribution in [2.24, 2.45) is 0 Å². The van der Waals surface area contributed by atoms with Gasteiger partial charge >= 0.3 is 0 Å². The maximum atomic E-state index is 11.4. The summed E-state index contributed by atoms with van der Waals surface area (Å²) in [4.78, 5) is 15.5. The molecule has 1 heterocycles. The molecule has 1 aromatic carbocycles. The zero-order valence-electron chi connectivity index (χ0n) is 10.5. The molecule has 92 valence electrons. The minimum absolute atomic E-state index is 0.0609. The third kappa shape index (κ3) is 2.74. The van der Waals surface area contributed by atoms with Gasteiger partial charge in [0.1, 0.15) is 5.75 Å². The first-order chi connectivity index (χ1) is 8.70. The second-order valence-electron chi connectivity index (χ2n) is 3.98. The van der Waals surface area contributed by atoms with Crippen LogP contribution in [0.15, 0.2) is 42.7 Å². The molecule has 2 aromatic rings. The molecule has 0 spiro atoms. The summed E-state index contributed by atoms with van der Waals surface area (Å²) >= 11 is 0. The number of hydrogen-bond donors (Lipinski definition) is 0. The van der Waals surface area contributed by atoms with Gasteiger partial charge in [-0.3, -0.25) is 9.78 Å². The summed E-state index contributed by atoms with van der Waals surface area (Å²) in [6.45, 7) is 4.11. The third-order valence-electron chi connectivity index (χ3n) is 2.63. The molecule has 0 N–H and O–H groups in total. The molecule has 0 amide bonds. The maximum absolute atomic E-state index is 11.4. The number of aromatic nitrogens is 1. The highest BCUT2D eigenvalue weighted by atomic mass is 16.5. The molecule has 0 bridgehead atoms. The van der Waals surface area contributed by atoms with Gasteiger partial charge in [-0.1, -0.05) is 18.2 Å². The van der Waals surface area contributed by atoms with Gasteiger partial charge in [-0.2, -0.15) is 0 Å². The average Bonchev–Trinajstić information content (AvgIpc) is 2.39. The quantitative estimate of drug-likeness (QED) is 0.770. The number of rotatable bonds is 4. The van der Waals surface area contributed by atoms with E-state index in [4.69, 9.17) is 4.74 Å². The lowest BCUT2D eigenvalue weighted by Crippen LogP contribution is -1.94. The van der Waals surface area contributed by atoms with Crippen molar-refractivity contribution in [1.82, 2.24) is 4.98 Å². The standard InChI is InChI=1S/C15H15NO2/c1-3-18-15-8-14(9-16-10-15)13-6-4-5-12(7-13)11(2)17/h4-10H,3H2,1-2H3. The highest BCUT2D eigenvalue weighted by Crippen LogP contribution is 2.23. The zero-order valence-corrected chi connectivity index (χ0v) is 10.5. The Morgan fingerprint density at radius 2 is 2.06 bits per heavy atom. The van der Waals surface area contributed by atoms with E-state index in [1.54, 1.807) is 19.3 Å². The first-order valence-corrected chi connectivity index (χ1v) is 5.90. The topological polar surface area (TPSA) is 39.2 Å². The predicted molar refractivity (Wildman–Crippen MR) is 70.8 cm³/mol. The number of benzene rings is 1. The molecular formula is C15H15NO2. The molecule has 2 rings (SSSR count). The van der Waals surface area contributed by atoms with E-state index in [0.29, 0.717) is 12.2 Å². The second kappa shape index (κ2) is 5.45. The van der Waals surface area contributed by atoms with Gasteiger partial charge in [0.05, 0.1) is 12.8 Å². The van der Waals surface area contributed by atoms with Crippen molar-refractivity contribution in [2.45, 2.75) is 13.8 Å². The Kier molecular flexibility index (Phi) is 3.72. The van der Waals surface area contributed by atoms with Gasteiger partial charge in [0, 0.05) is 17.3 Å². The van der Waals surface area contributed by atoms with Crippen LogP contribution >= 0.6 is 0 Å². The van der Waals surface area contributed by atoms with E-state index >= 15 is 0 Å². The Bertz CT molecular complexity index is 564. The van der Waals surface area contributed by atoms with Crippen molar-refractivity contribution in [3.8, 4) is 16.9 Å². The van der Waals surface area contributed by atoms with Crippen molar-refractivity contribution in [2.75, 3.05) is 6.61 Å². The van der Waals surface area contributed by atoms with Crippen LogP contribution in [-0.2, 0) is 0 Å². The zero-order chi connectivity index (χ0) is 13.0. The first kappa shape index (κ1) is 12.3. The summed E-state index contributed by atoms with van der Waals surface area (Å²) in [6.07, 6.45) is 3.45. The molecule has 1 aromatic heterocycles. The fourth-order valence-corrected chi connectivity index (χ4v) is 1.74. The van der Waals surface area contributed by atoms with E-state index in [1.807, 2.05) is 37.3 Å². The van der Waals surface area contributed by atoms with Crippen LogP contribution in [0, 0.1) is 0 Å². The van der Waals surface area contributed by atoms with E-state index in [9.17, 15) is 4.79 Å². The minimum atomic E-state index is 0.0609. The molecule has 0 saturated carbocycles. The smallest absolute Gasteiger partial charge is 0.159 e. The molecule has 0 atom stereocenters. The first-order valence-electron chi connectivity index (χ1n) is 5.90. The molecule has 0 aliphatic carbocycles. The number of carbonyl (C=O) groups excluding carboxylic acids is 1. The molecular weight excluding hydrogens is 226 g/mol. The normalized spacial score (nSPS) is 10.1. The van der Waals surface area contributed by atoms with Gasteiger partial charge in [-0.15, -0.1) is 0 Å². The SMILES string of the molecule is CCOc1cncc(-c2cccc(C(C)=O)c2)c1. The summed E-state index contributed by atoms with van der Waals surface area (Å²) in [7, 11) is 0. The number of pyridine rings is 1. The highest BCUT2D eigenvalue weighted by molar-refractivity contribution is 5.95. The monoisotopic (exact) mass is 241 g/mol. The number of Topliss-reactive ketones (excluding diaryl/α,β-unsaturated/α-hetero) is 1. The van der Waals surface area contributed by atoms with Crippen molar-refractivity contribution < 1.29 is 9.53 Å². The van der Waals surface area contributed by atoms with Gasteiger partial charge in [0.25, 0.3) is 0 Å². The number of nitrogens with zero attached hydrogens (tertiary/aromatic N) is 1. The lowest BCUT2D eigenvalue weighted by atomic mass is 10.0. The summed E-state index contributed by atoms with van der Waals surface area (Å²) in [5.74, 6) is 0.800. The molecule has 0 aliphatic rings. The number of hydrogen-bond acceptors (Lipinski definition) is 3. The van der Waals surface area contributed by atoms with Crippen molar-refractivity contribution >= 4 is 5.78 Å². The van der Waals surface area contributed by atoms with Gasteiger partial charge in [0.15, 0.2) is 5.78 Å². The molecule has 0 aliphatic heterocycles. The fourth-order valence-electron chi connectivity index (χ4n) is 1.74. The number of ether oxygens (including phenoxy) is 1. The van der Waals surface area contributed by atoms with Crippen molar-refractivity contribution in [3.05, 3.63) is 48.3 Å². The lowest BCUT2D eigenvalue weighted by Gasteiger charge is -2.06. The fraction of sp³-hybridized carbons (Fsp3) is 0.200. The van der Waals surface area contributed by atoms with Crippen LogP contribution in [0.3, 0.4) is 0 Å². The summed E-state index contributed by atoms with van der Waals surface area (Å²) < 4.78 is 5.42. The van der Waals surface area contributed by atoms with E-state index in [-0.39, 0.29) is 5.78 Å². The van der Waals surface area contributed by atoms with E-state index in [0.717, 1.165) is 16.9 Å². The summed E-state index contributed by atoms with van der Waals surface area (Å²) in [5.41, 5.74) is 2.62. The number of carbonyl (C=O) groups is 1. The van der Waals surface area contributed by atoms with Gasteiger partial charge < -0.3 is 4.74 Å². The van der Waals surface area contributed by atoms with Crippen LogP contribution in [0.1, 0.15) is 24.2 Å². The molecule has 18 heavy (non-hydrogen) atoms. The van der Waals surface area contributed by atoms with Gasteiger partial charge in [-0.05, 0) is 31.5 Å². The Balaban J connectivity index is 2.38. The van der Waals surface area contributed by atoms with Crippen LogP contribution < -0.4 is 4.74 Å². The Labute approximate surface area is 106 Å². The van der Waals surface area contributed by atoms with Crippen LogP contribution in [-0.4, -0.2) is 17.4 Å². The highest BCUT2D eigenvalue weighted by Gasteiger charge is 2.04. The lowest BCUT2D eigenvalue weighted by molar-refractivity contribution is 0.101. The van der Waals surface area contributed by atoms with E-state index in [1.165, 1.54) is 0 Å².